The number of aromatic carboxylic acids is 1. The van der Waals surface area contributed by atoms with Gasteiger partial charge in [0.2, 0.25) is 0 Å². The summed E-state index contributed by atoms with van der Waals surface area (Å²) in [5, 5.41) is 32.7. The highest BCUT2D eigenvalue weighted by molar-refractivity contribution is 6.11. The fraction of sp³-hybridized carbons (Fsp3) is 0. The molecule has 0 heterocycles. The number of nitrogens with one attached hydrogen (secondary N) is 1. The minimum absolute atomic E-state index is 0.172. The van der Waals surface area contributed by atoms with E-state index in [1.54, 1.807) is 0 Å². The lowest BCUT2D eigenvalue weighted by molar-refractivity contribution is -0.385. The van der Waals surface area contributed by atoms with E-state index in [1.165, 1.54) is 24.3 Å². The van der Waals surface area contributed by atoms with Crippen molar-refractivity contribution >= 4 is 28.9 Å². The van der Waals surface area contributed by atoms with Crippen LogP contribution < -0.4 is 5.32 Å². The van der Waals surface area contributed by atoms with Gasteiger partial charge < -0.3 is 10.4 Å². The number of non-ortho nitro benzene ring substituents is 2. The molecule has 0 radical (unpaired) electrons. The molecule has 0 aliphatic carbocycles. The normalized spacial score (nSPS) is 10.0. The van der Waals surface area contributed by atoms with Crippen molar-refractivity contribution in [2.45, 2.75) is 0 Å². The molecule has 2 rings (SSSR count). The van der Waals surface area contributed by atoms with Gasteiger partial charge in [-0.1, -0.05) is 0 Å². The van der Waals surface area contributed by atoms with Crippen molar-refractivity contribution in [3.63, 3.8) is 0 Å². The smallest absolute Gasteiger partial charge is 0.336 e. The van der Waals surface area contributed by atoms with Crippen LogP contribution in [-0.2, 0) is 0 Å². The molecule has 0 saturated heterocycles. The van der Waals surface area contributed by atoms with Gasteiger partial charge >= 0.3 is 5.97 Å². The Morgan fingerprint density at radius 2 is 1.42 bits per heavy atom. The molecule has 10 nitrogen and oxygen atoms in total. The molecule has 0 fully saturated rings. The Balaban J connectivity index is 2.30. The van der Waals surface area contributed by atoms with Crippen LogP contribution in [0.3, 0.4) is 0 Å². The first kappa shape index (κ1) is 16.5. The molecular weight excluding hydrogens is 322 g/mol. The van der Waals surface area contributed by atoms with E-state index < -0.39 is 33.0 Å². The van der Waals surface area contributed by atoms with E-state index in [-0.39, 0.29) is 16.9 Å². The van der Waals surface area contributed by atoms with Gasteiger partial charge in [0, 0.05) is 30.0 Å². The molecule has 2 aromatic carbocycles. The number of carbonyl (C=O) groups is 2. The molecule has 10 heteroatoms. The van der Waals surface area contributed by atoms with Crippen LogP contribution in [0.2, 0.25) is 0 Å². The fourth-order valence-electron chi connectivity index (χ4n) is 1.89. The second kappa shape index (κ2) is 6.52. The first-order valence-electron chi connectivity index (χ1n) is 6.37. The number of carbonyl (C=O) groups excluding carboxylic acids is 1. The Hall–Kier alpha value is -3.82. The van der Waals surface area contributed by atoms with Gasteiger partial charge in [0.1, 0.15) is 0 Å². The Morgan fingerprint density at radius 1 is 0.875 bits per heavy atom. The van der Waals surface area contributed by atoms with E-state index in [1.807, 2.05) is 0 Å². The molecule has 0 unspecified atom stereocenters. The summed E-state index contributed by atoms with van der Waals surface area (Å²) in [6.07, 6.45) is 0. The summed E-state index contributed by atoms with van der Waals surface area (Å²) in [6, 6.07) is 7.73. The maximum Gasteiger partial charge on any atom is 0.336 e. The highest BCUT2D eigenvalue weighted by atomic mass is 16.6. The predicted octanol–water partition coefficient (Wildman–Crippen LogP) is 2.45. The molecule has 24 heavy (non-hydrogen) atoms. The topological polar surface area (TPSA) is 153 Å². The molecule has 0 spiro atoms. The molecule has 0 bridgehead atoms. The van der Waals surface area contributed by atoms with E-state index in [4.69, 9.17) is 5.11 Å². The van der Waals surface area contributed by atoms with Crippen LogP contribution in [0, 0.1) is 20.2 Å². The summed E-state index contributed by atoms with van der Waals surface area (Å²) in [5.74, 6) is -2.30. The number of benzene rings is 2. The first-order valence-corrected chi connectivity index (χ1v) is 6.37. The van der Waals surface area contributed by atoms with Gasteiger partial charge in [0.25, 0.3) is 17.3 Å². The Bertz CT molecular complexity index is 846. The van der Waals surface area contributed by atoms with E-state index in [0.717, 1.165) is 18.2 Å². The molecule has 2 aromatic rings. The zero-order valence-electron chi connectivity index (χ0n) is 11.8. The predicted molar refractivity (Wildman–Crippen MR) is 81.1 cm³/mol. The van der Waals surface area contributed by atoms with E-state index in [2.05, 4.69) is 5.32 Å². The number of anilines is 1. The van der Waals surface area contributed by atoms with Crippen LogP contribution in [0.15, 0.2) is 42.5 Å². The quantitative estimate of drug-likeness (QED) is 0.630. The average molecular weight is 331 g/mol. The molecule has 2 N–H and O–H groups in total. The zero-order valence-corrected chi connectivity index (χ0v) is 11.8. The van der Waals surface area contributed by atoms with E-state index >= 15 is 0 Å². The summed E-state index contributed by atoms with van der Waals surface area (Å²) in [5.41, 5.74) is -1.22. The van der Waals surface area contributed by atoms with Crippen molar-refractivity contribution in [2.75, 3.05) is 5.32 Å². The molecule has 0 aliphatic rings. The van der Waals surface area contributed by atoms with Crippen LogP contribution in [0.4, 0.5) is 17.1 Å². The summed E-state index contributed by atoms with van der Waals surface area (Å²) < 4.78 is 0. The van der Waals surface area contributed by atoms with Gasteiger partial charge in [-0.25, -0.2) is 4.79 Å². The second-order valence-electron chi connectivity index (χ2n) is 4.55. The molecule has 1 amide bonds. The van der Waals surface area contributed by atoms with Crippen molar-refractivity contribution in [2.24, 2.45) is 0 Å². The lowest BCUT2D eigenvalue weighted by Crippen LogP contribution is -2.16. The van der Waals surface area contributed by atoms with Crippen molar-refractivity contribution in [3.8, 4) is 0 Å². The number of hydrogen-bond donors (Lipinski definition) is 2. The van der Waals surface area contributed by atoms with E-state index in [9.17, 15) is 29.8 Å². The lowest BCUT2D eigenvalue weighted by atomic mass is 10.1. The standard InChI is InChI=1S/C14H9N3O7/c18-13(15-8-1-3-9(4-2-8)16(21)22)11-6-5-10(17(23)24)7-12(11)14(19)20/h1-7H,(H,15,18)(H,19,20). The third-order valence-electron chi connectivity index (χ3n) is 3.02. The highest BCUT2D eigenvalue weighted by Crippen LogP contribution is 2.20. The average Bonchev–Trinajstić information content (AvgIpc) is 2.54. The minimum Gasteiger partial charge on any atom is -0.478 e. The van der Waals surface area contributed by atoms with Gasteiger partial charge in [0.05, 0.1) is 21.0 Å². The Kier molecular flexibility index (Phi) is 4.50. The van der Waals surface area contributed by atoms with Crippen LogP contribution >= 0.6 is 0 Å². The zero-order chi connectivity index (χ0) is 17.9. The van der Waals surface area contributed by atoms with Crippen LogP contribution in [-0.4, -0.2) is 26.8 Å². The second-order valence-corrected chi connectivity index (χ2v) is 4.55. The number of nitro benzene ring substituents is 2. The number of nitrogens with zero attached hydrogens (tertiary/aromatic N) is 2. The molecular formula is C14H9N3O7. The van der Waals surface area contributed by atoms with E-state index in [0.29, 0.717) is 0 Å². The van der Waals surface area contributed by atoms with Gasteiger partial charge in [-0.2, -0.15) is 0 Å². The fourth-order valence-corrected chi connectivity index (χ4v) is 1.89. The summed E-state index contributed by atoms with van der Waals surface area (Å²) in [6.45, 7) is 0. The number of rotatable bonds is 5. The van der Waals surface area contributed by atoms with Gasteiger partial charge in [0.15, 0.2) is 0 Å². The number of hydrogen-bond acceptors (Lipinski definition) is 6. The number of amides is 1. The SMILES string of the molecule is O=C(O)c1cc([N+](=O)[O-])ccc1C(=O)Nc1ccc([N+](=O)[O-])cc1. The Labute approximate surface area is 133 Å². The number of nitro groups is 2. The van der Waals surface area contributed by atoms with Gasteiger partial charge in [-0.15, -0.1) is 0 Å². The van der Waals surface area contributed by atoms with Crippen LogP contribution in [0.5, 0.6) is 0 Å². The van der Waals surface area contributed by atoms with Crippen LogP contribution in [0.1, 0.15) is 20.7 Å². The maximum atomic E-state index is 12.2. The minimum atomic E-state index is -1.49. The Morgan fingerprint density at radius 3 is 1.92 bits per heavy atom. The maximum absolute atomic E-state index is 12.2. The van der Waals surface area contributed by atoms with Crippen molar-refractivity contribution < 1.29 is 24.5 Å². The molecule has 0 aliphatic heterocycles. The van der Waals surface area contributed by atoms with Gasteiger partial charge in [-0.05, 0) is 18.2 Å². The third kappa shape index (κ3) is 3.50. The summed E-state index contributed by atoms with van der Waals surface area (Å²) in [7, 11) is 0. The van der Waals surface area contributed by atoms with Gasteiger partial charge in [-0.3, -0.25) is 25.0 Å². The highest BCUT2D eigenvalue weighted by Gasteiger charge is 2.20. The van der Waals surface area contributed by atoms with Crippen molar-refractivity contribution in [1.29, 1.82) is 0 Å². The first-order chi connectivity index (χ1) is 11.3. The number of carboxylic acids is 1. The number of carboxylic acid groups (broad SMARTS) is 1. The van der Waals surface area contributed by atoms with Crippen molar-refractivity contribution in [1.82, 2.24) is 0 Å². The summed E-state index contributed by atoms with van der Waals surface area (Å²) >= 11 is 0. The monoisotopic (exact) mass is 331 g/mol. The summed E-state index contributed by atoms with van der Waals surface area (Å²) in [4.78, 5) is 43.2. The molecule has 0 aromatic heterocycles. The third-order valence-corrected chi connectivity index (χ3v) is 3.02. The molecule has 0 atom stereocenters. The lowest BCUT2D eigenvalue weighted by Gasteiger charge is -2.07. The molecule has 122 valence electrons. The van der Waals surface area contributed by atoms with Crippen LogP contribution in [0.25, 0.3) is 0 Å². The molecule has 0 saturated carbocycles. The van der Waals surface area contributed by atoms with Crippen molar-refractivity contribution in [3.05, 3.63) is 73.8 Å². The largest absolute Gasteiger partial charge is 0.478 e.